The Morgan fingerprint density at radius 1 is 1.11 bits per heavy atom. The largest absolute Gasteiger partial charge is 0.398 e. The molecule has 0 saturated carbocycles. The first-order valence-electron chi connectivity index (χ1n) is 5.23. The summed E-state index contributed by atoms with van der Waals surface area (Å²) in [6.45, 7) is 1.91. The maximum Gasteiger partial charge on any atom is 0.297 e. The van der Waals surface area contributed by atoms with Crippen molar-refractivity contribution >= 4 is 26.6 Å². The van der Waals surface area contributed by atoms with E-state index in [9.17, 15) is 8.42 Å². The average molecular weight is 268 g/mol. The molecule has 0 unspecified atom stereocenters. The number of fused-ring (bicyclic) bond motifs is 1. The molecule has 0 aliphatic heterocycles. The lowest BCUT2D eigenvalue weighted by Crippen LogP contribution is -2.04. The summed E-state index contributed by atoms with van der Waals surface area (Å²) >= 11 is 0. The predicted octanol–water partition coefficient (Wildman–Crippen LogP) is 1.55. The van der Waals surface area contributed by atoms with Gasteiger partial charge in [0.25, 0.3) is 10.1 Å². The quantitative estimate of drug-likeness (QED) is 0.537. The van der Waals surface area contributed by atoms with Gasteiger partial charge in [-0.25, -0.2) is 0 Å². The second-order valence-electron chi connectivity index (χ2n) is 3.68. The molecule has 2 rings (SSSR count). The number of hydrogen-bond acceptors (Lipinski definition) is 4. The fraction of sp³-hybridized carbons (Fsp3) is 0.167. The molecule has 0 amide bonds. The number of aryl methyl sites for hydroxylation is 1. The Morgan fingerprint density at radius 2 is 1.72 bits per heavy atom. The molecule has 0 bridgehead atoms. The van der Waals surface area contributed by atoms with E-state index in [4.69, 9.17) is 10.3 Å². The highest BCUT2D eigenvalue weighted by molar-refractivity contribution is 7.86. The lowest BCUT2D eigenvalue weighted by molar-refractivity contribution is 0.484. The van der Waals surface area contributed by atoms with Crippen molar-refractivity contribution in [2.45, 2.75) is 11.8 Å². The standard InChI is InChI=1S/C11H11NO3S.CH5N/c1-7-2-4-9-8(6-7)3-5-10(12)11(9)16(13,14)15;1-2/h2-6H,12H2,1H3,(H,13,14,15);2H2,1H3. The zero-order chi connectivity index (χ0) is 13.9. The highest BCUT2D eigenvalue weighted by Crippen LogP contribution is 2.28. The minimum absolute atomic E-state index is 0.0545. The summed E-state index contributed by atoms with van der Waals surface area (Å²) in [5, 5.41) is 1.18. The van der Waals surface area contributed by atoms with Crippen molar-refractivity contribution in [2.24, 2.45) is 5.73 Å². The van der Waals surface area contributed by atoms with Crippen molar-refractivity contribution in [1.82, 2.24) is 0 Å². The predicted molar refractivity (Wildman–Crippen MR) is 73.0 cm³/mol. The molecule has 0 heterocycles. The van der Waals surface area contributed by atoms with Crippen LogP contribution in [-0.4, -0.2) is 20.0 Å². The summed E-state index contributed by atoms with van der Waals surface area (Å²) in [5.41, 5.74) is 11.1. The Morgan fingerprint density at radius 3 is 2.28 bits per heavy atom. The summed E-state index contributed by atoms with van der Waals surface area (Å²) in [4.78, 5) is -0.218. The van der Waals surface area contributed by atoms with Crippen molar-refractivity contribution in [3.63, 3.8) is 0 Å². The Kier molecular flexibility index (Phi) is 4.28. The first kappa shape index (κ1) is 14.4. The molecule has 0 aliphatic carbocycles. The molecule has 98 valence electrons. The van der Waals surface area contributed by atoms with Gasteiger partial charge in [0.2, 0.25) is 0 Å². The molecule has 0 saturated heterocycles. The molecule has 5 nitrogen and oxygen atoms in total. The molecule has 2 aromatic carbocycles. The highest BCUT2D eigenvalue weighted by Gasteiger charge is 2.17. The summed E-state index contributed by atoms with van der Waals surface area (Å²) in [6, 6.07) is 8.46. The van der Waals surface area contributed by atoms with Crippen LogP contribution in [0.5, 0.6) is 0 Å². The van der Waals surface area contributed by atoms with Crippen LogP contribution in [0.15, 0.2) is 35.2 Å². The zero-order valence-corrected chi connectivity index (χ0v) is 11.0. The van der Waals surface area contributed by atoms with E-state index >= 15 is 0 Å². The van der Waals surface area contributed by atoms with Crippen molar-refractivity contribution in [3.05, 3.63) is 35.9 Å². The molecule has 6 heteroatoms. The molecular weight excluding hydrogens is 252 g/mol. The van der Waals surface area contributed by atoms with Crippen LogP contribution in [0.1, 0.15) is 5.56 Å². The van der Waals surface area contributed by atoms with E-state index in [1.54, 1.807) is 18.2 Å². The molecule has 0 atom stereocenters. The summed E-state index contributed by atoms with van der Waals surface area (Å²) < 4.78 is 31.6. The number of nitrogen functional groups attached to an aromatic ring is 1. The van der Waals surface area contributed by atoms with Gasteiger partial charge in [-0.1, -0.05) is 29.8 Å². The molecule has 0 aliphatic rings. The van der Waals surface area contributed by atoms with E-state index in [-0.39, 0.29) is 10.6 Å². The van der Waals surface area contributed by atoms with Crippen molar-refractivity contribution in [1.29, 1.82) is 0 Å². The molecular formula is C12H16N2O3S. The normalized spacial score (nSPS) is 10.9. The van der Waals surface area contributed by atoms with Crippen LogP contribution in [0.3, 0.4) is 0 Å². The third-order valence-corrected chi connectivity index (χ3v) is 3.39. The van der Waals surface area contributed by atoms with E-state index in [1.165, 1.54) is 13.1 Å². The maximum atomic E-state index is 11.2. The van der Waals surface area contributed by atoms with E-state index < -0.39 is 10.1 Å². The van der Waals surface area contributed by atoms with E-state index in [1.807, 2.05) is 13.0 Å². The van der Waals surface area contributed by atoms with Gasteiger partial charge >= 0.3 is 0 Å². The molecule has 18 heavy (non-hydrogen) atoms. The maximum absolute atomic E-state index is 11.2. The van der Waals surface area contributed by atoms with Crippen molar-refractivity contribution < 1.29 is 13.0 Å². The van der Waals surface area contributed by atoms with Crippen LogP contribution in [0, 0.1) is 6.92 Å². The topological polar surface area (TPSA) is 106 Å². The van der Waals surface area contributed by atoms with Gasteiger partial charge in [-0.3, -0.25) is 4.55 Å². The summed E-state index contributed by atoms with van der Waals surface area (Å²) in [6.07, 6.45) is 0. The van der Waals surface area contributed by atoms with Gasteiger partial charge in [0, 0.05) is 5.39 Å². The van der Waals surface area contributed by atoms with E-state index in [0.29, 0.717) is 5.39 Å². The molecule has 5 N–H and O–H groups in total. The number of hydrogen-bond donors (Lipinski definition) is 3. The van der Waals surface area contributed by atoms with Crippen LogP contribution in [0.2, 0.25) is 0 Å². The third kappa shape index (κ3) is 2.79. The highest BCUT2D eigenvalue weighted by atomic mass is 32.2. The first-order valence-corrected chi connectivity index (χ1v) is 6.67. The van der Waals surface area contributed by atoms with Crippen molar-refractivity contribution in [2.75, 3.05) is 12.8 Å². The third-order valence-electron chi connectivity index (χ3n) is 2.41. The second kappa shape index (κ2) is 5.34. The average Bonchev–Trinajstić information content (AvgIpc) is 2.30. The van der Waals surface area contributed by atoms with Gasteiger partial charge in [0.15, 0.2) is 0 Å². The molecule has 0 fully saturated rings. The summed E-state index contributed by atoms with van der Waals surface area (Å²) in [5.74, 6) is 0. The van der Waals surface area contributed by atoms with Crippen LogP contribution >= 0.6 is 0 Å². The Balaban J connectivity index is 0.000000771. The number of rotatable bonds is 1. The van der Waals surface area contributed by atoms with E-state index in [2.05, 4.69) is 5.73 Å². The van der Waals surface area contributed by atoms with Crippen LogP contribution in [0.25, 0.3) is 10.8 Å². The minimum Gasteiger partial charge on any atom is -0.398 e. The van der Waals surface area contributed by atoms with Crippen LogP contribution in [-0.2, 0) is 10.1 Å². The SMILES string of the molecule is CN.Cc1ccc2c(S(=O)(=O)O)c(N)ccc2c1. The zero-order valence-electron chi connectivity index (χ0n) is 10.2. The Labute approximate surface area is 106 Å². The molecule has 0 radical (unpaired) electrons. The fourth-order valence-corrected chi connectivity index (χ4v) is 2.56. The molecule has 0 spiro atoms. The number of anilines is 1. The van der Waals surface area contributed by atoms with Crippen molar-refractivity contribution in [3.8, 4) is 0 Å². The molecule has 0 aromatic heterocycles. The van der Waals surface area contributed by atoms with Gasteiger partial charge in [0.05, 0.1) is 5.69 Å². The van der Waals surface area contributed by atoms with Gasteiger partial charge in [-0.15, -0.1) is 0 Å². The summed E-state index contributed by atoms with van der Waals surface area (Å²) in [7, 11) is -2.80. The lowest BCUT2D eigenvalue weighted by Gasteiger charge is -2.07. The lowest BCUT2D eigenvalue weighted by atomic mass is 10.1. The second-order valence-corrected chi connectivity index (χ2v) is 5.04. The van der Waals surface area contributed by atoms with Gasteiger partial charge in [-0.2, -0.15) is 8.42 Å². The smallest absolute Gasteiger partial charge is 0.297 e. The number of nitrogens with two attached hydrogens (primary N) is 2. The van der Waals surface area contributed by atoms with E-state index in [0.717, 1.165) is 10.9 Å². The van der Waals surface area contributed by atoms with Gasteiger partial charge in [0.1, 0.15) is 4.90 Å². The van der Waals surface area contributed by atoms with Crippen LogP contribution < -0.4 is 11.5 Å². The minimum atomic E-state index is -4.30. The number of benzene rings is 2. The Hall–Kier alpha value is -1.63. The van der Waals surface area contributed by atoms with Gasteiger partial charge < -0.3 is 11.5 Å². The van der Waals surface area contributed by atoms with Gasteiger partial charge in [-0.05, 0) is 25.4 Å². The Bertz CT molecular complexity index is 666. The van der Waals surface area contributed by atoms with Crippen LogP contribution in [0.4, 0.5) is 5.69 Å². The molecule has 2 aromatic rings. The fourth-order valence-electron chi connectivity index (χ4n) is 1.73. The monoisotopic (exact) mass is 268 g/mol. The first-order chi connectivity index (χ1) is 8.39.